The molecular formula is C6H11NO2. The first-order chi connectivity index (χ1) is 4.13. The van der Waals surface area contributed by atoms with Crippen LogP contribution >= 0.6 is 0 Å². The molecule has 3 heteroatoms. The summed E-state index contributed by atoms with van der Waals surface area (Å²) in [5.41, 5.74) is 5.33. The van der Waals surface area contributed by atoms with Gasteiger partial charge in [-0.05, 0) is 13.3 Å². The highest BCUT2D eigenvalue weighted by molar-refractivity contribution is 5.79. The van der Waals surface area contributed by atoms with Crippen molar-refractivity contribution in [3.63, 3.8) is 0 Å². The summed E-state index contributed by atoms with van der Waals surface area (Å²) in [6.07, 6.45) is 3.27. The van der Waals surface area contributed by atoms with Crippen LogP contribution in [0.4, 0.5) is 0 Å². The van der Waals surface area contributed by atoms with Crippen LogP contribution in [-0.2, 0) is 4.79 Å². The first kappa shape index (κ1) is 8.17. The van der Waals surface area contributed by atoms with Crippen LogP contribution in [0, 0.1) is 0 Å². The second kappa shape index (κ2) is 4.09. The highest BCUT2D eigenvalue weighted by Crippen LogP contribution is 1.86. The highest BCUT2D eigenvalue weighted by atomic mass is 16.4. The molecule has 3 N–H and O–H groups in total. The van der Waals surface area contributed by atoms with Gasteiger partial charge in [-0.3, -0.25) is 0 Å². The normalized spacial score (nSPS) is 14.0. The monoisotopic (exact) mass is 129 g/mol. The van der Waals surface area contributed by atoms with Crippen LogP contribution < -0.4 is 5.73 Å². The van der Waals surface area contributed by atoms with E-state index < -0.39 is 5.97 Å². The van der Waals surface area contributed by atoms with Crippen molar-refractivity contribution in [3.8, 4) is 0 Å². The molecule has 0 rings (SSSR count). The molecule has 0 spiro atoms. The van der Waals surface area contributed by atoms with Gasteiger partial charge in [0.1, 0.15) is 0 Å². The van der Waals surface area contributed by atoms with Crippen LogP contribution in [0.25, 0.3) is 0 Å². The van der Waals surface area contributed by atoms with Gasteiger partial charge in [-0.25, -0.2) is 4.79 Å². The van der Waals surface area contributed by atoms with Crippen molar-refractivity contribution < 1.29 is 9.90 Å². The average molecular weight is 129 g/mol. The van der Waals surface area contributed by atoms with Crippen molar-refractivity contribution >= 4 is 5.97 Å². The van der Waals surface area contributed by atoms with Crippen LogP contribution in [0.3, 0.4) is 0 Å². The maximum atomic E-state index is 9.85. The third-order valence-electron chi connectivity index (χ3n) is 0.768. The van der Waals surface area contributed by atoms with Gasteiger partial charge in [-0.1, -0.05) is 6.08 Å². The van der Waals surface area contributed by atoms with Gasteiger partial charge in [-0.2, -0.15) is 0 Å². The summed E-state index contributed by atoms with van der Waals surface area (Å²) in [5, 5.41) is 8.10. The van der Waals surface area contributed by atoms with E-state index in [1.165, 1.54) is 0 Å². The van der Waals surface area contributed by atoms with E-state index in [0.29, 0.717) is 6.42 Å². The third-order valence-corrected chi connectivity index (χ3v) is 0.768. The second-order valence-corrected chi connectivity index (χ2v) is 1.95. The van der Waals surface area contributed by atoms with Crippen molar-refractivity contribution in [2.75, 3.05) is 0 Å². The lowest BCUT2D eigenvalue weighted by atomic mass is 10.2. The minimum atomic E-state index is -0.921. The summed E-state index contributed by atoms with van der Waals surface area (Å²) in [6.45, 7) is 1.83. The number of carboxylic acids is 1. The lowest BCUT2D eigenvalue weighted by molar-refractivity contribution is -0.131. The van der Waals surface area contributed by atoms with Crippen LogP contribution in [-0.4, -0.2) is 17.1 Å². The molecule has 0 amide bonds. The first-order valence-corrected chi connectivity index (χ1v) is 2.78. The molecule has 0 aromatic carbocycles. The zero-order chi connectivity index (χ0) is 7.28. The number of carboxylic acid groups (broad SMARTS) is 1. The fraction of sp³-hybridized carbons (Fsp3) is 0.500. The van der Waals surface area contributed by atoms with Crippen molar-refractivity contribution in [1.82, 2.24) is 0 Å². The maximum Gasteiger partial charge on any atom is 0.327 e. The summed E-state index contributed by atoms with van der Waals surface area (Å²) >= 11 is 0. The van der Waals surface area contributed by atoms with Gasteiger partial charge >= 0.3 is 5.97 Å². The number of hydrogen-bond donors (Lipinski definition) is 2. The van der Waals surface area contributed by atoms with Gasteiger partial charge in [0, 0.05) is 12.1 Å². The van der Waals surface area contributed by atoms with Gasteiger partial charge in [0.15, 0.2) is 0 Å². The largest absolute Gasteiger partial charge is 0.478 e. The number of nitrogens with two attached hydrogens (primary N) is 1. The van der Waals surface area contributed by atoms with E-state index in [1.807, 2.05) is 6.92 Å². The average Bonchev–Trinajstić information content (AvgIpc) is 1.63. The molecule has 0 radical (unpaired) electrons. The summed E-state index contributed by atoms with van der Waals surface area (Å²) in [5.74, 6) is -0.921. The van der Waals surface area contributed by atoms with E-state index in [0.717, 1.165) is 6.08 Å². The molecule has 0 aliphatic heterocycles. The van der Waals surface area contributed by atoms with Crippen molar-refractivity contribution in [1.29, 1.82) is 0 Å². The Balaban J connectivity index is 3.36. The zero-order valence-electron chi connectivity index (χ0n) is 5.37. The Morgan fingerprint density at radius 1 is 1.89 bits per heavy atom. The predicted octanol–water partition coefficient (Wildman–Crippen LogP) is 0.365. The molecule has 0 aliphatic carbocycles. The summed E-state index contributed by atoms with van der Waals surface area (Å²) < 4.78 is 0. The van der Waals surface area contributed by atoms with E-state index in [1.54, 1.807) is 6.08 Å². The molecule has 0 aromatic heterocycles. The second-order valence-electron chi connectivity index (χ2n) is 1.95. The Kier molecular flexibility index (Phi) is 3.71. The lowest BCUT2D eigenvalue weighted by Gasteiger charge is -1.95. The van der Waals surface area contributed by atoms with Crippen molar-refractivity contribution in [2.24, 2.45) is 5.73 Å². The maximum absolute atomic E-state index is 9.85. The molecule has 0 saturated carbocycles. The number of carbonyl (C=O) groups is 1. The fourth-order valence-electron chi connectivity index (χ4n) is 0.384. The Bertz CT molecular complexity index is 118. The van der Waals surface area contributed by atoms with E-state index in [2.05, 4.69) is 0 Å². The van der Waals surface area contributed by atoms with Gasteiger partial charge in [0.2, 0.25) is 0 Å². The van der Waals surface area contributed by atoms with Crippen molar-refractivity contribution in [3.05, 3.63) is 12.2 Å². The molecule has 0 fully saturated rings. The summed E-state index contributed by atoms with van der Waals surface area (Å²) in [4.78, 5) is 9.85. The minimum absolute atomic E-state index is 0.0422. The summed E-state index contributed by atoms with van der Waals surface area (Å²) in [7, 11) is 0. The molecular weight excluding hydrogens is 118 g/mol. The Labute approximate surface area is 54.2 Å². The topological polar surface area (TPSA) is 63.3 Å². The Morgan fingerprint density at radius 3 is 2.78 bits per heavy atom. The standard InChI is InChI=1S/C6H11NO2/c1-5(7)3-2-4-6(8)9/h2,4-5H,3,7H2,1H3,(H,8,9)/b4-2+/t5-/m0/s1. The van der Waals surface area contributed by atoms with Crippen LogP contribution in [0.2, 0.25) is 0 Å². The smallest absolute Gasteiger partial charge is 0.327 e. The van der Waals surface area contributed by atoms with E-state index >= 15 is 0 Å². The van der Waals surface area contributed by atoms with Gasteiger partial charge in [-0.15, -0.1) is 0 Å². The molecule has 52 valence electrons. The molecule has 0 aromatic rings. The molecule has 0 unspecified atom stereocenters. The van der Waals surface area contributed by atoms with E-state index in [-0.39, 0.29) is 6.04 Å². The zero-order valence-corrected chi connectivity index (χ0v) is 5.37. The number of aliphatic carboxylic acids is 1. The molecule has 9 heavy (non-hydrogen) atoms. The Morgan fingerprint density at radius 2 is 2.44 bits per heavy atom. The molecule has 0 bridgehead atoms. The van der Waals surface area contributed by atoms with Crippen LogP contribution in [0.5, 0.6) is 0 Å². The highest BCUT2D eigenvalue weighted by Gasteiger charge is 1.88. The van der Waals surface area contributed by atoms with Crippen LogP contribution in [0.1, 0.15) is 13.3 Å². The van der Waals surface area contributed by atoms with Crippen molar-refractivity contribution in [2.45, 2.75) is 19.4 Å². The fourth-order valence-corrected chi connectivity index (χ4v) is 0.384. The first-order valence-electron chi connectivity index (χ1n) is 2.78. The van der Waals surface area contributed by atoms with Gasteiger partial charge < -0.3 is 10.8 Å². The molecule has 0 saturated heterocycles. The Hall–Kier alpha value is -0.830. The minimum Gasteiger partial charge on any atom is -0.478 e. The third kappa shape index (κ3) is 7.17. The van der Waals surface area contributed by atoms with Crippen LogP contribution in [0.15, 0.2) is 12.2 Å². The number of rotatable bonds is 3. The molecule has 1 atom stereocenters. The molecule has 0 aliphatic rings. The van der Waals surface area contributed by atoms with E-state index in [9.17, 15) is 4.79 Å². The van der Waals surface area contributed by atoms with Gasteiger partial charge in [0.25, 0.3) is 0 Å². The quantitative estimate of drug-likeness (QED) is 0.541. The number of hydrogen-bond acceptors (Lipinski definition) is 2. The predicted molar refractivity (Wildman–Crippen MR) is 35.0 cm³/mol. The SMILES string of the molecule is C[C@H](N)C/C=C/C(=O)O. The molecule has 3 nitrogen and oxygen atoms in total. The lowest BCUT2D eigenvalue weighted by Crippen LogP contribution is -2.12. The van der Waals surface area contributed by atoms with Gasteiger partial charge in [0.05, 0.1) is 0 Å². The van der Waals surface area contributed by atoms with E-state index in [4.69, 9.17) is 10.8 Å². The molecule has 0 heterocycles. The summed E-state index contributed by atoms with van der Waals surface area (Å²) in [6, 6.07) is 0.0422.